The van der Waals surface area contributed by atoms with Crippen LogP contribution >= 0.6 is 11.8 Å². The van der Waals surface area contributed by atoms with Crippen LogP contribution in [0, 0.1) is 5.92 Å². The molecule has 0 unspecified atom stereocenters. The maximum atomic E-state index is 13.1. The standard InChI is InChI=1S/C29H28N2OS/c32-29(30-27-15-6-7-16-28(27)33-25-12-2-1-3-13-25)23-17-19-31(20-18-23)21-24-11-8-10-22-9-4-5-14-26(22)24/h1-16,23H,17-21H2,(H,30,32). The molecule has 4 aromatic carbocycles. The van der Waals surface area contributed by atoms with Crippen LogP contribution < -0.4 is 5.32 Å². The molecule has 1 aliphatic heterocycles. The number of piperidine rings is 1. The van der Waals surface area contributed by atoms with Crippen LogP contribution in [0.3, 0.4) is 0 Å². The van der Waals surface area contributed by atoms with Crippen molar-refractivity contribution >= 4 is 34.1 Å². The van der Waals surface area contributed by atoms with Gasteiger partial charge in [-0.25, -0.2) is 0 Å². The minimum absolute atomic E-state index is 0.0588. The van der Waals surface area contributed by atoms with E-state index in [0.717, 1.165) is 43.1 Å². The highest BCUT2D eigenvalue weighted by atomic mass is 32.2. The summed E-state index contributed by atoms with van der Waals surface area (Å²) in [5.74, 6) is 0.199. The third-order valence-electron chi connectivity index (χ3n) is 6.35. The third-order valence-corrected chi connectivity index (χ3v) is 7.43. The quantitative estimate of drug-likeness (QED) is 0.347. The lowest BCUT2D eigenvalue weighted by atomic mass is 9.95. The van der Waals surface area contributed by atoms with Crippen LogP contribution in [0.15, 0.2) is 107 Å². The zero-order chi connectivity index (χ0) is 22.5. The van der Waals surface area contributed by atoms with Gasteiger partial charge in [-0.15, -0.1) is 0 Å². The number of fused-ring (bicyclic) bond motifs is 1. The number of hydrogen-bond donors (Lipinski definition) is 1. The van der Waals surface area contributed by atoms with Crippen molar-refractivity contribution in [3.05, 3.63) is 103 Å². The van der Waals surface area contributed by atoms with Crippen LogP contribution in [0.25, 0.3) is 10.8 Å². The molecule has 0 aliphatic carbocycles. The Kier molecular flexibility index (Phi) is 6.75. The minimum Gasteiger partial charge on any atom is -0.325 e. The molecular formula is C29H28N2OS. The molecular weight excluding hydrogens is 424 g/mol. The maximum absolute atomic E-state index is 13.1. The van der Waals surface area contributed by atoms with E-state index in [4.69, 9.17) is 0 Å². The molecule has 1 saturated heterocycles. The summed E-state index contributed by atoms with van der Waals surface area (Å²) in [4.78, 5) is 17.8. The second-order valence-corrected chi connectivity index (χ2v) is 9.70. The lowest BCUT2D eigenvalue weighted by Gasteiger charge is -2.31. The summed E-state index contributed by atoms with van der Waals surface area (Å²) in [6.45, 7) is 2.83. The van der Waals surface area contributed by atoms with Crippen LogP contribution in [0.1, 0.15) is 18.4 Å². The number of hydrogen-bond acceptors (Lipinski definition) is 3. The van der Waals surface area contributed by atoms with E-state index in [1.54, 1.807) is 11.8 Å². The Morgan fingerprint density at radius 3 is 2.36 bits per heavy atom. The van der Waals surface area contributed by atoms with Crippen molar-refractivity contribution < 1.29 is 4.79 Å². The van der Waals surface area contributed by atoms with E-state index in [-0.39, 0.29) is 11.8 Å². The first-order chi connectivity index (χ1) is 16.3. The summed E-state index contributed by atoms with van der Waals surface area (Å²) < 4.78 is 0. The number of likely N-dealkylation sites (tertiary alicyclic amines) is 1. The van der Waals surface area contributed by atoms with Gasteiger partial charge < -0.3 is 5.32 Å². The van der Waals surface area contributed by atoms with Crippen molar-refractivity contribution in [2.45, 2.75) is 29.2 Å². The lowest BCUT2D eigenvalue weighted by Crippen LogP contribution is -2.37. The average Bonchev–Trinajstić information content (AvgIpc) is 2.86. The molecule has 0 aromatic heterocycles. The normalized spacial score (nSPS) is 14.9. The summed E-state index contributed by atoms with van der Waals surface area (Å²) in [7, 11) is 0. The molecule has 0 atom stereocenters. The fraction of sp³-hybridized carbons (Fsp3) is 0.207. The van der Waals surface area contributed by atoms with Gasteiger partial charge in [-0.3, -0.25) is 9.69 Å². The molecule has 0 bridgehead atoms. The molecule has 5 rings (SSSR count). The number of nitrogens with one attached hydrogen (secondary N) is 1. The van der Waals surface area contributed by atoms with Gasteiger partial charge in [0, 0.05) is 22.3 Å². The van der Waals surface area contributed by atoms with Crippen molar-refractivity contribution in [1.29, 1.82) is 0 Å². The zero-order valence-electron chi connectivity index (χ0n) is 18.6. The van der Waals surface area contributed by atoms with E-state index in [2.05, 4.69) is 70.9 Å². The molecule has 1 N–H and O–H groups in total. The first-order valence-corrected chi connectivity index (χ1v) is 12.4. The van der Waals surface area contributed by atoms with Gasteiger partial charge in [0.15, 0.2) is 0 Å². The van der Waals surface area contributed by atoms with Gasteiger partial charge in [-0.2, -0.15) is 0 Å². The summed E-state index contributed by atoms with van der Waals surface area (Å²) in [6, 6.07) is 33.5. The fourth-order valence-corrected chi connectivity index (χ4v) is 5.46. The number of benzene rings is 4. The number of rotatable bonds is 6. The van der Waals surface area contributed by atoms with Gasteiger partial charge >= 0.3 is 0 Å². The van der Waals surface area contributed by atoms with Crippen LogP contribution in [0.4, 0.5) is 5.69 Å². The van der Waals surface area contributed by atoms with Gasteiger partial charge in [0.25, 0.3) is 0 Å². The molecule has 0 saturated carbocycles. The number of anilines is 1. The van der Waals surface area contributed by atoms with Crippen LogP contribution in [-0.4, -0.2) is 23.9 Å². The van der Waals surface area contributed by atoms with E-state index >= 15 is 0 Å². The van der Waals surface area contributed by atoms with Crippen LogP contribution in [0.5, 0.6) is 0 Å². The molecule has 166 valence electrons. The molecule has 1 fully saturated rings. The second-order valence-electron chi connectivity index (χ2n) is 8.59. The van der Waals surface area contributed by atoms with Crippen molar-refractivity contribution in [3.63, 3.8) is 0 Å². The number of para-hydroxylation sites is 1. The zero-order valence-corrected chi connectivity index (χ0v) is 19.4. The van der Waals surface area contributed by atoms with Crippen molar-refractivity contribution in [1.82, 2.24) is 4.90 Å². The van der Waals surface area contributed by atoms with E-state index in [1.807, 2.05) is 36.4 Å². The van der Waals surface area contributed by atoms with Crippen molar-refractivity contribution in [2.75, 3.05) is 18.4 Å². The molecule has 4 heteroatoms. The lowest BCUT2D eigenvalue weighted by molar-refractivity contribution is -0.121. The van der Waals surface area contributed by atoms with Crippen LogP contribution in [0.2, 0.25) is 0 Å². The maximum Gasteiger partial charge on any atom is 0.227 e. The van der Waals surface area contributed by atoms with E-state index in [0.29, 0.717) is 0 Å². The molecule has 1 aliphatic rings. The third kappa shape index (κ3) is 5.29. The Labute approximate surface area is 199 Å². The number of carbonyl (C=O) groups is 1. The van der Waals surface area contributed by atoms with E-state index in [1.165, 1.54) is 21.2 Å². The van der Waals surface area contributed by atoms with Crippen molar-refractivity contribution in [3.8, 4) is 0 Å². The monoisotopic (exact) mass is 452 g/mol. The first-order valence-electron chi connectivity index (χ1n) is 11.6. The number of carbonyl (C=O) groups excluding carboxylic acids is 1. The second kappa shape index (κ2) is 10.2. The molecule has 1 amide bonds. The molecule has 0 radical (unpaired) electrons. The SMILES string of the molecule is O=C(Nc1ccccc1Sc1ccccc1)C1CCN(Cc2cccc3ccccc23)CC1. The first kappa shape index (κ1) is 21.7. The number of amides is 1. The molecule has 1 heterocycles. The largest absolute Gasteiger partial charge is 0.325 e. The van der Waals surface area contributed by atoms with Gasteiger partial charge in [-0.05, 0) is 66.5 Å². The summed E-state index contributed by atoms with van der Waals surface area (Å²) >= 11 is 1.68. The predicted octanol–water partition coefficient (Wildman–Crippen LogP) is 6.84. The Bertz CT molecular complexity index is 1230. The van der Waals surface area contributed by atoms with Crippen LogP contribution in [-0.2, 0) is 11.3 Å². The number of nitrogens with zero attached hydrogens (tertiary/aromatic N) is 1. The highest BCUT2D eigenvalue weighted by Crippen LogP contribution is 2.34. The smallest absolute Gasteiger partial charge is 0.227 e. The highest BCUT2D eigenvalue weighted by Gasteiger charge is 2.25. The summed E-state index contributed by atoms with van der Waals surface area (Å²) in [5, 5.41) is 5.83. The van der Waals surface area contributed by atoms with Gasteiger partial charge in [0.2, 0.25) is 5.91 Å². The fourth-order valence-electron chi connectivity index (χ4n) is 4.53. The Hall–Kier alpha value is -3.08. The van der Waals surface area contributed by atoms with Gasteiger partial charge in [-0.1, -0.05) is 84.6 Å². The predicted molar refractivity (Wildman–Crippen MR) is 138 cm³/mol. The Balaban J connectivity index is 1.19. The topological polar surface area (TPSA) is 32.3 Å². The summed E-state index contributed by atoms with van der Waals surface area (Å²) in [6.07, 6.45) is 1.79. The van der Waals surface area contributed by atoms with Gasteiger partial charge in [0.05, 0.1) is 5.69 Å². The Morgan fingerprint density at radius 2 is 1.52 bits per heavy atom. The van der Waals surface area contributed by atoms with Gasteiger partial charge in [0.1, 0.15) is 0 Å². The molecule has 33 heavy (non-hydrogen) atoms. The van der Waals surface area contributed by atoms with E-state index < -0.39 is 0 Å². The average molecular weight is 453 g/mol. The molecule has 4 aromatic rings. The summed E-state index contributed by atoms with van der Waals surface area (Å²) in [5.41, 5.74) is 2.26. The Morgan fingerprint density at radius 1 is 0.818 bits per heavy atom. The highest BCUT2D eigenvalue weighted by molar-refractivity contribution is 7.99. The molecule has 0 spiro atoms. The molecule has 3 nitrogen and oxygen atoms in total. The minimum atomic E-state index is 0.0588. The van der Waals surface area contributed by atoms with Crippen molar-refractivity contribution in [2.24, 2.45) is 5.92 Å². The van der Waals surface area contributed by atoms with E-state index in [9.17, 15) is 4.79 Å².